The summed E-state index contributed by atoms with van der Waals surface area (Å²) in [6, 6.07) is 12.7. The molecule has 0 spiro atoms. The molecule has 0 bridgehead atoms. The van der Waals surface area contributed by atoms with Crippen molar-refractivity contribution >= 4 is 11.6 Å². The fourth-order valence-corrected chi connectivity index (χ4v) is 3.29. The summed E-state index contributed by atoms with van der Waals surface area (Å²) in [5, 5.41) is 3.03. The highest BCUT2D eigenvalue weighted by molar-refractivity contribution is 5.78. The average molecular weight is 337 g/mol. The zero-order valence-corrected chi connectivity index (χ0v) is 14.1. The molecule has 1 atom stereocenters. The number of halogens is 1. The first-order valence-electron chi connectivity index (χ1n) is 8.59. The van der Waals surface area contributed by atoms with Gasteiger partial charge in [-0.25, -0.2) is 9.37 Å². The summed E-state index contributed by atoms with van der Waals surface area (Å²) < 4.78 is 15.8. The second-order valence-corrected chi connectivity index (χ2v) is 6.70. The molecule has 5 heteroatoms. The van der Waals surface area contributed by atoms with Crippen molar-refractivity contribution in [1.82, 2.24) is 14.7 Å². The van der Waals surface area contributed by atoms with Gasteiger partial charge in [-0.05, 0) is 49.6 Å². The molecular weight excluding hydrogens is 317 g/mol. The number of aryl methyl sites for hydroxylation is 1. The highest BCUT2D eigenvalue weighted by Crippen LogP contribution is 2.30. The van der Waals surface area contributed by atoms with E-state index in [2.05, 4.69) is 10.3 Å². The molecule has 1 fully saturated rings. The van der Waals surface area contributed by atoms with Gasteiger partial charge in [0.15, 0.2) is 0 Å². The summed E-state index contributed by atoms with van der Waals surface area (Å²) >= 11 is 0. The number of benzene rings is 1. The Balaban J connectivity index is 1.76. The largest absolute Gasteiger partial charge is 0.353 e. The third-order valence-corrected chi connectivity index (χ3v) is 4.69. The Kier molecular flexibility index (Phi) is 3.99. The van der Waals surface area contributed by atoms with E-state index in [4.69, 9.17) is 0 Å². The minimum absolute atomic E-state index is 0.000274. The molecule has 4 rings (SSSR count). The quantitative estimate of drug-likeness (QED) is 0.773. The molecule has 1 N–H and O–H groups in total. The first kappa shape index (κ1) is 15.8. The topological polar surface area (TPSA) is 46.4 Å². The van der Waals surface area contributed by atoms with E-state index in [9.17, 15) is 9.18 Å². The highest BCUT2D eigenvalue weighted by Gasteiger charge is 2.27. The molecule has 0 radical (unpaired) electrons. The van der Waals surface area contributed by atoms with Gasteiger partial charge in [0, 0.05) is 30.3 Å². The van der Waals surface area contributed by atoms with Gasteiger partial charge < -0.3 is 9.72 Å². The Morgan fingerprint density at radius 3 is 2.88 bits per heavy atom. The van der Waals surface area contributed by atoms with Crippen molar-refractivity contribution in [2.24, 2.45) is 0 Å². The minimum atomic E-state index is -0.296. The minimum Gasteiger partial charge on any atom is -0.353 e. The summed E-state index contributed by atoms with van der Waals surface area (Å²) in [5.74, 6) is -0.540. The van der Waals surface area contributed by atoms with E-state index in [-0.39, 0.29) is 24.1 Å². The predicted octanol–water partition coefficient (Wildman–Crippen LogP) is 3.58. The van der Waals surface area contributed by atoms with Gasteiger partial charge in [-0.3, -0.25) is 4.79 Å². The number of nitrogens with zero attached hydrogens (tertiary/aromatic N) is 2. The SMILES string of the molecule is Cc1cccc2ncc(C(CC(=O)NC3CC3)c3cccc(F)c3)n12. The normalized spacial score (nSPS) is 15.3. The van der Waals surface area contributed by atoms with Crippen LogP contribution in [0.1, 0.15) is 42.1 Å². The van der Waals surface area contributed by atoms with Crippen LogP contribution in [0.4, 0.5) is 4.39 Å². The summed E-state index contributed by atoms with van der Waals surface area (Å²) in [4.78, 5) is 16.9. The van der Waals surface area contributed by atoms with Gasteiger partial charge >= 0.3 is 0 Å². The molecule has 25 heavy (non-hydrogen) atoms. The van der Waals surface area contributed by atoms with E-state index >= 15 is 0 Å². The van der Waals surface area contributed by atoms with Gasteiger partial charge in [0.2, 0.25) is 5.91 Å². The lowest BCUT2D eigenvalue weighted by Crippen LogP contribution is -2.27. The third kappa shape index (κ3) is 3.27. The molecule has 3 aromatic rings. The monoisotopic (exact) mass is 337 g/mol. The summed E-state index contributed by atoms with van der Waals surface area (Å²) in [6.45, 7) is 2.01. The lowest BCUT2D eigenvalue weighted by molar-refractivity contribution is -0.121. The van der Waals surface area contributed by atoms with E-state index in [1.807, 2.05) is 35.6 Å². The first-order chi connectivity index (χ1) is 12.1. The van der Waals surface area contributed by atoms with E-state index in [0.717, 1.165) is 35.4 Å². The number of aromatic nitrogens is 2. The van der Waals surface area contributed by atoms with Crippen LogP contribution in [0, 0.1) is 12.7 Å². The van der Waals surface area contributed by atoms with Crippen molar-refractivity contribution < 1.29 is 9.18 Å². The van der Waals surface area contributed by atoms with Crippen LogP contribution in [0.15, 0.2) is 48.7 Å². The molecule has 4 nitrogen and oxygen atoms in total. The molecule has 1 saturated carbocycles. The van der Waals surface area contributed by atoms with Crippen LogP contribution < -0.4 is 5.32 Å². The van der Waals surface area contributed by atoms with Crippen molar-refractivity contribution in [2.45, 2.75) is 38.1 Å². The maximum absolute atomic E-state index is 13.8. The molecule has 1 unspecified atom stereocenters. The number of hydrogen-bond acceptors (Lipinski definition) is 2. The maximum Gasteiger partial charge on any atom is 0.221 e. The van der Waals surface area contributed by atoms with Crippen molar-refractivity contribution in [2.75, 3.05) is 0 Å². The second kappa shape index (κ2) is 6.31. The number of nitrogens with one attached hydrogen (secondary N) is 1. The van der Waals surface area contributed by atoms with Crippen molar-refractivity contribution in [1.29, 1.82) is 0 Å². The fraction of sp³-hybridized carbons (Fsp3) is 0.300. The van der Waals surface area contributed by atoms with Crippen LogP contribution in [0.25, 0.3) is 5.65 Å². The number of imidazole rings is 1. The van der Waals surface area contributed by atoms with Crippen LogP contribution >= 0.6 is 0 Å². The number of rotatable bonds is 5. The molecule has 1 aliphatic rings. The summed E-state index contributed by atoms with van der Waals surface area (Å²) in [5.41, 5.74) is 3.56. The molecular formula is C20H20FN3O. The van der Waals surface area contributed by atoms with E-state index in [1.165, 1.54) is 12.1 Å². The number of carbonyl (C=O) groups is 1. The van der Waals surface area contributed by atoms with Crippen molar-refractivity contribution in [3.8, 4) is 0 Å². The zero-order chi connectivity index (χ0) is 17.4. The summed E-state index contributed by atoms with van der Waals surface area (Å²) in [7, 11) is 0. The summed E-state index contributed by atoms with van der Waals surface area (Å²) in [6.07, 6.45) is 4.17. The molecule has 1 aliphatic carbocycles. The number of carbonyl (C=O) groups excluding carboxylic acids is 1. The van der Waals surface area contributed by atoms with Gasteiger partial charge in [0.1, 0.15) is 11.5 Å². The Hall–Kier alpha value is -2.69. The fourth-order valence-electron chi connectivity index (χ4n) is 3.29. The molecule has 2 aromatic heterocycles. The van der Waals surface area contributed by atoms with Crippen LogP contribution in [0.5, 0.6) is 0 Å². The lowest BCUT2D eigenvalue weighted by atomic mass is 9.92. The van der Waals surface area contributed by atoms with Gasteiger partial charge in [-0.15, -0.1) is 0 Å². The zero-order valence-electron chi connectivity index (χ0n) is 14.1. The van der Waals surface area contributed by atoms with Gasteiger partial charge in [-0.1, -0.05) is 18.2 Å². The number of hydrogen-bond donors (Lipinski definition) is 1. The van der Waals surface area contributed by atoms with Gasteiger partial charge in [0.25, 0.3) is 0 Å². The van der Waals surface area contributed by atoms with Crippen molar-refractivity contribution in [3.63, 3.8) is 0 Å². The highest BCUT2D eigenvalue weighted by atomic mass is 19.1. The average Bonchev–Trinajstić information content (AvgIpc) is 3.29. The van der Waals surface area contributed by atoms with Crippen LogP contribution in [-0.4, -0.2) is 21.3 Å². The van der Waals surface area contributed by atoms with Crippen molar-refractivity contribution in [3.05, 3.63) is 71.4 Å². The van der Waals surface area contributed by atoms with Crippen LogP contribution in [0.3, 0.4) is 0 Å². The van der Waals surface area contributed by atoms with Crippen LogP contribution in [0.2, 0.25) is 0 Å². The smallest absolute Gasteiger partial charge is 0.221 e. The number of pyridine rings is 1. The maximum atomic E-state index is 13.8. The second-order valence-electron chi connectivity index (χ2n) is 6.70. The molecule has 0 saturated heterocycles. The van der Waals surface area contributed by atoms with Gasteiger partial charge in [-0.2, -0.15) is 0 Å². The van der Waals surface area contributed by atoms with E-state index < -0.39 is 0 Å². The van der Waals surface area contributed by atoms with Gasteiger partial charge in [0.05, 0.1) is 5.69 Å². The molecule has 1 aromatic carbocycles. The predicted molar refractivity (Wildman–Crippen MR) is 94.0 cm³/mol. The molecule has 0 aliphatic heterocycles. The Morgan fingerprint density at radius 1 is 1.32 bits per heavy atom. The molecule has 128 valence electrons. The molecule has 2 heterocycles. The Bertz CT molecular complexity index is 930. The van der Waals surface area contributed by atoms with E-state index in [0.29, 0.717) is 6.04 Å². The molecule has 1 amide bonds. The lowest BCUT2D eigenvalue weighted by Gasteiger charge is -2.18. The Morgan fingerprint density at radius 2 is 2.12 bits per heavy atom. The first-order valence-corrected chi connectivity index (χ1v) is 8.59. The van der Waals surface area contributed by atoms with E-state index in [1.54, 1.807) is 12.3 Å². The number of amides is 1. The third-order valence-electron chi connectivity index (χ3n) is 4.69. The standard InChI is InChI=1S/C20H20FN3O/c1-13-4-2-7-19-22-12-18(24(13)19)17(11-20(25)23-16-8-9-16)14-5-3-6-15(21)10-14/h2-7,10,12,16-17H,8-9,11H2,1H3,(H,23,25). The Labute approximate surface area is 145 Å². The number of fused-ring (bicyclic) bond motifs is 1. The van der Waals surface area contributed by atoms with Crippen LogP contribution in [-0.2, 0) is 4.79 Å².